The van der Waals surface area contributed by atoms with E-state index in [0.717, 1.165) is 16.8 Å². The summed E-state index contributed by atoms with van der Waals surface area (Å²) < 4.78 is 5.04. The van der Waals surface area contributed by atoms with Gasteiger partial charge in [-0.05, 0) is 43.2 Å². The Balaban J connectivity index is 1.95. The highest BCUT2D eigenvalue weighted by Gasteiger charge is 2.12. The van der Waals surface area contributed by atoms with Crippen molar-refractivity contribution in [2.75, 3.05) is 17.2 Å². The number of hydrogen-bond acceptors (Lipinski definition) is 4. The Bertz CT molecular complexity index is 795. The minimum Gasteiger partial charge on any atom is -0.452 e. The predicted molar refractivity (Wildman–Crippen MR) is 95.6 cm³/mol. The number of para-hydroxylation sites is 1. The van der Waals surface area contributed by atoms with Gasteiger partial charge in [-0.1, -0.05) is 24.3 Å². The van der Waals surface area contributed by atoms with E-state index in [0.29, 0.717) is 5.69 Å². The molecule has 2 rings (SSSR count). The molecule has 2 amide bonds. The molecule has 0 unspecified atom stereocenters. The number of nitrogens with one attached hydrogen (secondary N) is 2. The molecule has 2 N–H and O–H groups in total. The number of anilines is 2. The number of carbonyl (C=O) groups is 3. The molecule has 2 aromatic carbocycles. The lowest BCUT2D eigenvalue weighted by atomic mass is 10.1. The summed E-state index contributed by atoms with van der Waals surface area (Å²) in [7, 11) is 0. The van der Waals surface area contributed by atoms with Crippen LogP contribution in [0.1, 0.15) is 28.4 Å². The number of aryl methyl sites for hydroxylation is 2. The van der Waals surface area contributed by atoms with E-state index in [2.05, 4.69) is 10.6 Å². The van der Waals surface area contributed by atoms with Gasteiger partial charge in [0.2, 0.25) is 5.91 Å². The zero-order valence-corrected chi connectivity index (χ0v) is 14.4. The number of carbonyl (C=O) groups excluding carboxylic acids is 3. The van der Waals surface area contributed by atoms with E-state index in [1.807, 2.05) is 32.0 Å². The topological polar surface area (TPSA) is 84.5 Å². The minimum atomic E-state index is -0.635. The van der Waals surface area contributed by atoms with Gasteiger partial charge in [-0.3, -0.25) is 9.59 Å². The maximum absolute atomic E-state index is 12.1. The Morgan fingerprint density at radius 2 is 1.60 bits per heavy atom. The molecular formula is C19H20N2O4. The molecule has 0 saturated carbocycles. The van der Waals surface area contributed by atoms with Gasteiger partial charge in [0, 0.05) is 18.3 Å². The molecule has 25 heavy (non-hydrogen) atoms. The number of hydrogen-bond donors (Lipinski definition) is 2. The van der Waals surface area contributed by atoms with Crippen molar-refractivity contribution in [3.05, 3.63) is 59.2 Å². The normalized spacial score (nSPS) is 10.0. The number of amides is 2. The van der Waals surface area contributed by atoms with Gasteiger partial charge in [0.15, 0.2) is 6.61 Å². The van der Waals surface area contributed by atoms with Gasteiger partial charge in [0.1, 0.15) is 0 Å². The fraction of sp³-hybridized carbons (Fsp3) is 0.211. The van der Waals surface area contributed by atoms with Crippen LogP contribution in [0.25, 0.3) is 0 Å². The van der Waals surface area contributed by atoms with Crippen molar-refractivity contribution < 1.29 is 19.1 Å². The third-order valence-electron chi connectivity index (χ3n) is 3.50. The quantitative estimate of drug-likeness (QED) is 0.819. The van der Waals surface area contributed by atoms with E-state index in [1.54, 1.807) is 18.2 Å². The van der Waals surface area contributed by atoms with Crippen molar-refractivity contribution in [1.82, 2.24) is 0 Å². The first-order valence-corrected chi connectivity index (χ1v) is 7.77. The van der Waals surface area contributed by atoms with Gasteiger partial charge in [-0.15, -0.1) is 0 Å². The number of benzene rings is 2. The zero-order chi connectivity index (χ0) is 18.4. The summed E-state index contributed by atoms with van der Waals surface area (Å²) >= 11 is 0. The molecule has 2 aromatic rings. The molecule has 6 heteroatoms. The second-order valence-electron chi connectivity index (χ2n) is 5.65. The zero-order valence-electron chi connectivity index (χ0n) is 14.4. The number of rotatable bonds is 5. The third kappa shape index (κ3) is 5.17. The van der Waals surface area contributed by atoms with Crippen LogP contribution in [0.4, 0.5) is 11.4 Å². The van der Waals surface area contributed by atoms with E-state index in [4.69, 9.17) is 4.74 Å². The van der Waals surface area contributed by atoms with Crippen molar-refractivity contribution in [2.45, 2.75) is 20.8 Å². The molecule has 0 saturated heterocycles. The summed E-state index contributed by atoms with van der Waals surface area (Å²) in [5.41, 5.74) is 3.33. The van der Waals surface area contributed by atoms with Crippen LogP contribution >= 0.6 is 0 Å². The molecule has 0 aliphatic carbocycles. The first-order valence-electron chi connectivity index (χ1n) is 7.77. The number of ether oxygens (including phenoxy) is 1. The monoisotopic (exact) mass is 340 g/mol. The molecule has 0 spiro atoms. The van der Waals surface area contributed by atoms with Crippen LogP contribution in [0.15, 0.2) is 42.5 Å². The third-order valence-corrected chi connectivity index (χ3v) is 3.50. The predicted octanol–water partition coefficient (Wildman–Crippen LogP) is 3.06. The minimum absolute atomic E-state index is 0.238. The van der Waals surface area contributed by atoms with E-state index < -0.39 is 18.5 Å². The fourth-order valence-electron chi connectivity index (χ4n) is 2.33. The number of esters is 1. The summed E-state index contributed by atoms with van der Waals surface area (Å²) in [6.07, 6.45) is 0. The van der Waals surface area contributed by atoms with Gasteiger partial charge in [0.25, 0.3) is 5.91 Å². The van der Waals surface area contributed by atoms with Crippen molar-refractivity contribution in [3.8, 4) is 0 Å². The molecule has 0 aliphatic heterocycles. The molecule has 0 bridgehead atoms. The highest BCUT2D eigenvalue weighted by molar-refractivity contribution is 5.97. The summed E-state index contributed by atoms with van der Waals surface area (Å²) in [6.45, 7) is 4.77. The van der Waals surface area contributed by atoms with E-state index in [-0.39, 0.29) is 11.5 Å². The molecule has 0 heterocycles. The van der Waals surface area contributed by atoms with Crippen LogP contribution in [0, 0.1) is 13.8 Å². The SMILES string of the molecule is CC(=O)Nc1cccc(C(=O)OCC(=O)Nc2c(C)cccc2C)c1. The van der Waals surface area contributed by atoms with Crippen LogP contribution in [0.2, 0.25) is 0 Å². The first-order chi connectivity index (χ1) is 11.9. The summed E-state index contributed by atoms with van der Waals surface area (Å²) in [6, 6.07) is 12.0. The van der Waals surface area contributed by atoms with Crippen molar-refractivity contribution in [2.24, 2.45) is 0 Å². The average molecular weight is 340 g/mol. The lowest BCUT2D eigenvalue weighted by molar-refractivity contribution is -0.119. The van der Waals surface area contributed by atoms with Crippen molar-refractivity contribution in [3.63, 3.8) is 0 Å². The van der Waals surface area contributed by atoms with Crippen LogP contribution in [-0.2, 0) is 14.3 Å². The molecule has 6 nitrogen and oxygen atoms in total. The van der Waals surface area contributed by atoms with E-state index in [9.17, 15) is 14.4 Å². The highest BCUT2D eigenvalue weighted by Crippen LogP contribution is 2.19. The summed E-state index contributed by atoms with van der Waals surface area (Å²) in [4.78, 5) is 35.1. The Hall–Kier alpha value is -3.15. The lowest BCUT2D eigenvalue weighted by Gasteiger charge is -2.12. The van der Waals surface area contributed by atoms with Gasteiger partial charge >= 0.3 is 5.97 Å². The van der Waals surface area contributed by atoms with E-state index >= 15 is 0 Å². The van der Waals surface area contributed by atoms with Crippen LogP contribution in [0.5, 0.6) is 0 Å². The van der Waals surface area contributed by atoms with Crippen molar-refractivity contribution >= 4 is 29.2 Å². The molecule has 0 aromatic heterocycles. The smallest absolute Gasteiger partial charge is 0.338 e. The average Bonchev–Trinajstić information content (AvgIpc) is 2.56. The molecule has 0 fully saturated rings. The van der Waals surface area contributed by atoms with E-state index in [1.165, 1.54) is 13.0 Å². The second-order valence-corrected chi connectivity index (χ2v) is 5.65. The van der Waals surface area contributed by atoms with Gasteiger partial charge < -0.3 is 15.4 Å². The maximum atomic E-state index is 12.1. The van der Waals surface area contributed by atoms with Gasteiger partial charge in [0.05, 0.1) is 5.56 Å². The van der Waals surface area contributed by atoms with Crippen LogP contribution in [-0.4, -0.2) is 24.4 Å². The Labute approximate surface area is 146 Å². The second kappa shape index (κ2) is 8.10. The summed E-state index contributed by atoms with van der Waals surface area (Å²) in [5.74, 6) is -1.29. The molecule has 0 radical (unpaired) electrons. The molecule has 0 aliphatic rings. The largest absolute Gasteiger partial charge is 0.452 e. The van der Waals surface area contributed by atoms with Crippen molar-refractivity contribution in [1.29, 1.82) is 0 Å². The van der Waals surface area contributed by atoms with Gasteiger partial charge in [-0.2, -0.15) is 0 Å². The Morgan fingerprint density at radius 3 is 2.24 bits per heavy atom. The Morgan fingerprint density at radius 1 is 0.960 bits per heavy atom. The molecular weight excluding hydrogens is 320 g/mol. The van der Waals surface area contributed by atoms with Gasteiger partial charge in [-0.25, -0.2) is 4.79 Å². The molecule has 0 atom stereocenters. The van der Waals surface area contributed by atoms with Crippen LogP contribution in [0.3, 0.4) is 0 Å². The standard InChI is InChI=1S/C19H20N2O4/c1-12-6-4-7-13(2)18(12)21-17(23)11-25-19(24)15-8-5-9-16(10-15)20-14(3)22/h4-10H,11H2,1-3H3,(H,20,22)(H,21,23). The fourth-order valence-corrected chi connectivity index (χ4v) is 2.33. The Kier molecular flexibility index (Phi) is 5.89. The molecule has 130 valence electrons. The maximum Gasteiger partial charge on any atom is 0.338 e. The lowest BCUT2D eigenvalue weighted by Crippen LogP contribution is -2.22. The summed E-state index contributed by atoms with van der Waals surface area (Å²) in [5, 5.41) is 5.33. The first kappa shape index (κ1) is 18.2. The van der Waals surface area contributed by atoms with Crippen LogP contribution < -0.4 is 10.6 Å². The highest BCUT2D eigenvalue weighted by atomic mass is 16.5.